The van der Waals surface area contributed by atoms with Gasteiger partial charge >= 0.3 is 0 Å². The molecule has 1 aliphatic carbocycles. The van der Waals surface area contributed by atoms with Crippen molar-refractivity contribution in [3.63, 3.8) is 0 Å². The Morgan fingerprint density at radius 2 is 1.83 bits per heavy atom. The molecule has 0 N–H and O–H groups in total. The third-order valence-electron chi connectivity index (χ3n) is 4.34. The van der Waals surface area contributed by atoms with Crippen LogP contribution < -0.4 is 0 Å². The minimum Gasteiger partial charge on any atom is -0.143 e. The first-order valence-electron chi connectivity index (χ1n) is 8.07. The van der Waals surface area contributed by atoms with Crippen molar-refractivity contribution < 1.29 is 0 Å². The van der Waals surface area contributed by atoms with E-state index in [1.165, 1.54) is 33.4 Å². The van der Waals surface area contributed by atoms with E-state index >= 15 is 0 Å². The lowest BCUT2D eigenvalue weighted by Gasteiger charge is -2.02. The topological polar surface area (TPSA) is 0 Å². The van der Waals surface area contributed by atoms with E-state index in [2.05, 4.69) is 87.7 Å². The normalized spacial score (nSPS) is 15.2. The maximum atomic E-state index is 4.35. The molecule has 0 aliphatic heterocycles. The number of thiol groups is 1. The zero-order valence-corrected chi connectivity index (χ0v) is 14.7. The minimum absolute atomic E-state index is 0.822. The van der Waals surface area contributed by atoms with Crippen LogP contribution in [0.3, 0.4) is 0 Å². The highest BCUT2D eigenvalue weighted by Crippen LogP contribution is 2.44. The van der Waals surface area contributed by atoms with Gasteiger partial charge in [-0.1, -0.05) is 67.6 Å². The molecule has 0 saturated carbocycles. The van der Waals surface area contributed by atoms with Crippen LogP contribution in [0.1, 0.15) is 35.6 Å². The van der Waals surface area contributed by atoms with Crippen molar-refractivity contribution in [2.45, 2.75) is 26.7 Å². The van der Waals surface area contributed by atoms with E-state index in [0.29, 0.717) is 0 Å². The first-order chi connectivity index (χ1) is 11.1. The van der Waals surface area contributed by atoms with Gasteiger partial charge in [0.25, 0.3) is 0 Å². The van der Waals surface area contributed by atoms with Gasteiger partial charge in [0, 0.05) is 4.91 Å². The first-order valence-corrected chi connectivity index (χ1v) is 8.51. The zero-order chi connectivity index (χ0) is 16.4. The van der Waals surface area contributed by atoms with Crippen molar-refractivity contribution in [2.75, 3.05) is 0 Å². The average Bonchev–Trinajstić information content (AvgIpc) is 3.20. The Balaban J connectivity index is 1.79. The molecule has 3 rings (SSSR count). The second-order valence-corrected chi connectivity index (χ2v) is 6.64. The smallest absolute Gasteiger partial charge is 0.00406 e. The largest absolute Gasteiger partial charge is 0.143 e. The molecule has 23 heavy (non-hydrogen) atoms. The second kappa shape index (κ2) is 6.64. The van der Waals surface area contributed by atoms with Gasteiger partial charge in [-0.05, 0) is 59.3 Å². The quantitative estimate of drug-likeness (QED) is 0.620. The molecule has 0 nitrogen and oxygen atoms in total. The summed E-state index contributed by atoms with van der Waals surface area (Å²) in [6.45, 7) is 8.27. The van der Waals surface area contributed by atoms with E-state index in [4.69, 9.17) is 0 Å². The maximum absolute atomic E-state index is 4.35. The van der Waals surface area contributed by atoms with Crippen molar-refractivity contribution >= 4 is 23.6 Å². The predicted octanol–water partition coefficient (Wildman–Crippen LogP) is 6.24. The van der Waals surface area contributed by atoms with Gasteiger partial charge in [0.15, 0.2) is 0 Å². The average molecular weight is 318 g/mol. The zero-order valence-electron chi connectivity index (χ0n) is 13.8. The Bertz CT molecular complexity index is 804. The van der Waals surface area contributed by atoms with Gasteiger partial charge in [0.2, 0.25) is 0 Å². The molecule has 1 heteroatoms. The molecule has 116 valence electrons. The Morgan fingerprint density at radius 3 is 2.48 bits per heavy atom. The highest BCUT2D eigenvalue weighted by molar-refractivity contribution is 7.90. The first kappa shape index (κ1) is 15.9. The number of rotatable bonds is 5. The molecule has 0 aromatic heterocycles. The van der Waals surface area contributed by atoms with E-state index < -0.39 is 0 Å². The molecule has 0 atom stereocenters. The summed E-state index contributed by atoms with van der Waals surface area (Å²) in [7, 11) is 0. The number of benzene rings is 2. The molecule has 0 unspecified atom stereocenters. The lowest BCUT2D eigenvalue weighted by molar-refractivity contribution is 1.17. The molecule has 2 aromatic carbocycles. The molecular formula is C22H22S. The Kier molecular flexibility index (Phi) is 4.58. The molecule has 0 spiro atoms. The summed E-state index contributed by atoms with van der Waals surface area (Å²) >= 11 is 4.35. The summed E-state index contributed by atoms with van der Waals surface area (Å²) in [5.41, 5.74) is 9.46. The van der Waals surface area contributed by atoms with E-state index in [-0.39, 0.29) is 0 Å². The second-order valence-electron chi connectivity index (χ2n) is 6.10. The van der Waals surface area contributed by atoms with Gasteiger partial charge in [-0.3, -0.25) is 0 Å². The predicted molar refractivity (Wildman–Crippen MR) is 105 cm³/mol. The number of hydrogen-bond acceptors (Lipinski definition) is 1. The van der Waals surface area contributed by atoms with Crippen LogP contribution in [0, 0.1) is 6.92 Å². The van der Waals surface area contributed by atoms with Crippen LogP contribution in [0.4, 0.5) is 0 Å². The molecule has 2 aromatic rings. The number of aryl methyl sites for hydroxylation is 1. The van der Waals surface area contributed by atoms with Crippen LogP contribution >= 0.6 is 12.6 Å². The fraction of sp³-hybridized carbons (Fsp3) is 0.182. The van der Waals surface area contributed by atoms with Crippen LogP contribution in [-0.2, 0) is 6.42 Å². The molecule has 0 bridgehead atoms. The van der Waals surface area contributed by atoms with Gasteiger partial charge < -0.3 is 0 Å². The van der Waals surface area contributed by atoms with Crippen molar-refractivity contribution in [1.29, 1.82) is 0 Å². The Morgan fingerprint density at radius 1 is 1.09 bits per heavy atom. The van der Waals surface area contributed by atoms with Gasteiger partial charge in [0.05, 0.1) is 0 Å². The van der Waals surface area contributed by atoms with E-state index in [0.717, 1.165) is 23.3 Å². The fourth-order valence-electron chi connectivity index (χ4n) is 2.96. The lowest BCUT2D eigenvalue weighted by Crippen LogP contribution is -1.85. The molecule has 0 radical (unpaired) electrons. The Labute approximate surface area is 144 Å². The van der Waals surface area contributed by atoms with Crippen LogP contribution in [0.2, 0.25) is 0 Å². The minimum atomic E-state index is 0.822. The summed E-state index contributed by atoms with van der Waals surface area (Å²) in [5.74, 6) is 0. The molecule has 0 fully saturated rings. The van der Waals surface area contributed by atoms with E-state index in [1.54, 1.807) is 0 Å². The number of hydrogen-bond donors (Lipinski definition) is 1. The number of allylic oxidation sites excluding steroid dienone is 3. The van der Waals surface area contributed by atoms with Crippen LogP contribution in [-0.4, -0.2) is 0 Å². The van der Waals surface area contributed by atoms with Crippen LogP contribution in [0.25, 0.3) is 11.0 Å². The summed E-state index contributed by atoms with van der Waals surface area (Å²) in [6.07, 6.45) is 4.41. The van der Waals surface area contributed by atoms with Crippen molar-refractivity contribution in [3.05, 3.63) is 94.1 Å². The molecular weight excluding hydrogens is 296 g/mol. The van der Waals surface area contributed by atoms with Gasteiger partial charge in [-0.25, -0.2) is 0 Å². The highest BCUT2D eigenvalue weighted by Gasteiger charge is 2.27. The summed E-state index contributed by atoms with van der Waals surface area (Å²) in [6, 6.07) is 17.2. The third kappa shape index (κ3) is 3.68. The summed E-state index contributed by atoms with van der Waals surface area (Å²) in [5, 5.41) is 0. The van der Waals surface area contributed by atoms with Gasteiger partial charge in [-0.2, -0.15) is 0 Å². The SMILES string of the molecule is C=C(S)c1cccc(CC2=C(CC)C/2=C\c2ccc(C)cc2)c1. The van der Waals surface area contributed by atoms with Crippen LogP contribution in [0.15, 0.2) is 71.8 Å². The molecule has 0 heterocycles. The lowest BCUT2D eigenvalue weighted by atomic mass is 10.1. The van der Waals surface area contributed by atoms with Crippen molar-refractivity contribution in [2.24, 2.45) is 0 Å². The summed E-state index contributed by atoms with van der Waals surface area (Å²) in [4.78, 5) is 0.822. The fourth-order valence-corrected chi connectivity index (χ4v) is 3.10. The van der Waals surface area contributed by atoms with Gasteiger partial charge in [0.1, 0.15) is 0 Å². The van der Waals surface area contributed by atoms with Crippen molar-refractivity contribution in [1.82, 2.24) is 0 Å². The van der Waals surface area contributed by atoms with E-state index in [1.807, 2.05) is 0 Å². The van der Waals surface area contributed by atoms with Gasteiger partial charge in [-0.15, -0.1) is 12.6 Å². The maximum Gasteiger partial charge on any atom is 0.00406 e. The summed E-state index contributed by atoms with van der Waals surface area (Å²) < 4.78 is 0. The standard InChI is InChI=1S/C22H22S/c1-4-20-21(13-17-10-8-15(2)9-11-17)22(20)14-18-6-5-7-19(12-18)16(3)23/h5-13,23H,3-4,14H2,1-2H3/b21-13+. The van der Waals surface area contributed by atoms with Crippen molar-refractivity contribution in [3.8, 4) is 0 Å². The Hall–Kier alpha value is -1.99. The van der Waals surface area contributed by atoms with Crippen LogP contribution in [0.5, 0.6) is 0 Å². The highest BCUT2D eigenvalue weighted by atomic mass is 32.1. The molecule has 0 amide bonds. The molecule has 1 aliphatic rings. The third-order valence-corrected chi connectivity index (χ3v) is 4.59. The monoisotopic (exact) mass is 318 g/mol. The van der Waals surface area contributed by atoms with E-state index in [9.17, 15) is 0 Å². The molecule has 0 saturated heterocycles.